The van der Waals surface area contributed by atoms with Crippen molar-refractivity contribution in [1.29, 1.82) is 0 Å². The second kappa shape index (κ2) is 6.97. The summed E-state index contributed by atoms with van der Waals surface area (Å²) in [5, 5.41) is 0. The molecule has 4 aliphatic rings. The minimum atomic E-state index is -2.62. The molecule has 2 aliphatic carbocycles. The number of ether oxygens (including phenoxy) is 1. The van der Waals surface area contributed by atoms with Crippen LogP contribution >= 0.6 is 0 Å². The first-order valence-corrected chi connectivity index (χ1v) is 11.1. The van der Waals surface area contributed by atoms with Crippen LogP contribution in [0.1, 0.15) is 48.8 Å². The fourth-order valence-electron chi connectivity index (χ4n) is 6.27. The molecule has 8 heteroatoms. The van der Waals surface area contributed by atoms with Crippen molar-refractivity contribution in [2.75, 3.05) is 27.2 Å². The number of amides is 1. The highest BCUT2D eigenvalue weighted by atomic mass is 19.3. The molecule has 0 bridgehead atoms. The van der Waals surface area contributed by atoms with Crippen LogP contribution in [-0.2, 0) is 28.0 Å². The largest absolute Gasteiger partial charge is 0.381 e. The van der Waals surface area contributed by atoms with Gasteiger partial charge in [-0.3, -0.25) is 14.6 Å². The quantitative estimate of drug-likeness (QED) is 0.797. The molecule has 2 N–H and O–H groups in total. The number of fused-ring (bicyclic) bond motifs is 3. The molecule has 0 radical (unpaired) electrons. The van der Waals surface area contributed by atoms with E-state index in [1.54, 1.807) is 19.1 Å². The molecule has 2 aliphatic heterocycles. The number of carbonyl (C=O) groups is 1. The Bertz CT molecular complexity index is 942. The number of methoxy groups -OCH3 is 1. The number of likely N-dealkylation sites (tertiary alicyclic amines) is 1. The molecule has 1 atom stereocenters. The van der Waals surface area contributed by atoms with Gasteiger partial charge in [0.05, 0.1) is 12.6 Å². The summed E-state index contributed by atoms with van der Waals surface area (Å²) in [6, 6.07) is 6.10. The van der Waals surface area contributed by atoms with Crippen molar-refractivity contribution in [2.24, 2.45) is 16.1 Å². The molecule has 5 rings (SSSR count). The lowest BCUT2D eigenvalue weighted by molar-refractivity contribution is -0.137. The number of aliphatic imine (C=N–C) groups is 1. The number of guanidine groups is 1. The van der Waals surface area contributed by atoms with E-state index in [1.165, 1.54) is 4.90 Å². The van der Waals surface area contributed by atoms with Crippen LogP contribution in [0.2, 0.25) is 0 Å². The SMILES string of the molecule is CO[C@H]1CC[C@]2(CC1)Cc1ccc(CN3CCC(F)(F)C3)cc1C21N=C(N)N(C)C1=O. The molecule has 1 saturated heterocycles. The fraction of sp³-hybridized carbons (Fsp3) is 0.652. The maximum absolute atomic E-state index is 13.7. The maximum atomic E-state index is 13.7. The Hall–Kier alpha value is -2.06. The first kappa shape index (κ1) is 20.8. The van der Waals surface area contributed by atoms with Gasteiger partial charge in [0.25, 0.3) is 11.8 Å². The third-order valence-electron chi connectivity index (χ3n) is 7.98. The van der Waals surface area contributed by atoms with Crippen LogP contribution in [0.5, 0.6) is 0 Å². The number of likely N-dealkylation sites (N-methyl/N-ethyl adjacent to an activating group) is 1. The average Bonchev–Trinajstić information content (AvgIpc) is 3.30. The molecule has 6 nitrogen and oxygen atoms in total. The standard InChI is InChI=1S/C23H30F2N4O2/c1-28-19(30)23(27-20(28)26)18-11-15(13-29-10-9-22(24,25)14-29)3-4-16(18)12-21(23)7-5-17(31-2)6-8-21/h3-4,11,17H,5-10,12-14H2,1-2H3,(H2,26,27)/t17-,21-,23?. The zero-order valence-electron chi connectivity index (χ0n) is 18.2. The van der Waals surface area contributed by atoms with E-state index in [-0.39, 0.29) is 36.4 Å². The summed E-state index contributed by atoms with van der Waals surface area (Å²) < 4.78 is 32.9. The first-order valence-electron chi connectivity index (χ1n) is 11.1. The number of alkyl halides is 2. The topological polar surface area (TPSA) is 71.2 Å². The molecule has 2 spiro atoms. The van der Waals surface area contributed by atoms with Crippen LogP contribution < -0.4 is 5.73 Å². The Labute approximate surface area is 181 Å². The minimum absolute atomic E-state index is 0.0792. The molecule has 2 fully saturated rings. The molecule has 1 saturated carbocycles. The zero-order valence-corrected chi connectivity index (χ0v) is 18.2. The molecule has 31 heavy (non-hydrogen) atoms. The number of halogens is 2. The lowest BCUT2D eigenvalue weighted by Crippen LogP contribution is -2.51. The highest BCUT2D eigenvalue weighted by Gasteiger charge is 2.66. The van der Waals surface area contributed by atoms with Crippen molar-refractivity contribution in [3.63, 3.8) is 0 Å². The van der Waals surface area contributed by atoms with Crippen molar-refractivity contribution in [1.82, 2.24) is 9.80 Å². The van der Waals surface area contributed by atoms with Crippen LogP contribution in [0.15, 0.2) is 23.2 Å². The molecule has 0 aromatic heterocycles. The smallest absolute Gasteiger partial charge is 0.262 e. The Morgan fingerprint density at radius 2 is 2.00 bits per heavy atom. The summed E-state index contributed by atoms with van der Waals surface area (Å²) in [5.74, 6) is -2.45. The van der Waals surface area contributed by atoms with Crippen molar-refractivity contribution < 1.29 is 18.3 Å². The van der Waals surface area contributed by atoms with Crippen LogP contribution in [0.3, 0.4) is 0 Å². The number of hydrogen-bond donors (Lipinski definition) is 1. The lowest BCUT2D eigenvalue weighted by Gasteiger charge is -2.45. The number of rotatable bonds is 3. The second-order valence-corrected chi connectivity index (χ2v) is 9.74. The van der Waals surface area contributed by atoms with Gasteiger partial charge >= 0.3 is 0 Å². The molecular weight excluding hydrogens is 402 g/mol. The monoisotopic (exact) mass is 432 g/mol. The van der Waals surface area contributed by atoms with Crippen molar-refractivity contribution >= 4 is 11.9 Å². The Morgan fingerprint density at radius 3 is 2.58 bits per heavy atom. The normalized spacial score (nSPS) is 34.7. The van der Waals surface area contributed by atoms with Crippen molar-refractivity contribution in [3.05, 3.63) is 34.9 Å². The molecule has 168 valence electrons. The van der Waals surface area contributed by atoms with E-state index < -0.39 is 11.5 Å². The molecule has 1 unspecified atom stereocenters. The Morgan fingerprint density at radius 1 is 1.26 bits per heavy atom. The van der Waals surface area contributed by atoms with Crippen LogP contribution in [0, 0.1) is 5.41 Å². The molecule has 1 amide bonds. The Balaban J connectivity index is 1.53. The zero-order chi connectivity index (χ0) is 22.0. The third-order valence-corrected chi connectivity index (χ3v) is 7.98. The van der Waals surface area contributed by atoms with Gasteiger partial charge in [0.2, 0.25) is 0 Å². The number of benzene rings is 1. The summed E-state index contributed by atoms with van der Waals surface area (Å²) in [7, 11) is 3.42. The molecule has 2 heterocycles. The molecule has 1 aromatic carbocycles. The van der Waals surface area contributed by atoms with Gasteiger partial charge in [-0.2, -0.15) is 0 Å². The summed E-state index contributed by atoms with van der Waals surface area (Å²) in [5.41, 5.74) is 7.78. The molecular formula is C23H30F2N4O2. The number of nitrogens with two attached hydrogens (primary N) is 1. The molecule has 1 aromatic rings. The van der Waals surface area contributed by atoms with Crippen molar-refractivity contribution in [2.45, 2.75) is 62.6 Å². The van der Waals surface area contributed by atoms with Crippen molar-refractivity contribution in [3.8, 4) is 0 Å². The van der Waals surface area contributed by atoms with Gasteiger partial charge in [0.1, 0.15) is 0 Å². The van der Waals surface area contributed by atoms with E-state index in [0.717, 1.165) is 48.8 Å². The van der Waals surface area contributed by atoms with Gasteiger partial charge in [0.15, 0.2) is 11.5 Å². The van der Waals surface area contributed by atoms with Gasteiger partial charge in [-0.1, -0.05) is 18.2 Å². The maximum Gasteiger partial charge on any atom is 0.262 e. The number of nitrogens with zero attached hydrogens (tertiary/aromatic N) is 3. The van der Waals surface area contributed by atoms with E-state index in [1.807, 2.05) is 12.1 Å². The van der Waals surface area contributed by atoms with Crippen LogP contribution in [0.25, 0.3) is 0 Å². The summed E-state index contributed by atoms with van der Waals surface area (Å²) in [6.45, 7) is 0.607. The minimum Gasteiger partial charge on any atom is -0.381 e. The summed E-state index contributed by atoms with van der Waals surface area (Å²) in [6.07, 6.45) is 4.32. The average molecular weight is 433 g/mol. The third kappa shape index (κ3) is 3.02. The number of carbonyl (C=O) groups excluding carboxylic acids is 1. The van der Waals surface area contributed by atoms with E-state index in [4.69, 9.17) is 15.5 Å². The van der Waals surface area contributed by atoms with Gasteiger partial charge in [-0.25, -0.2) is 13.8 Å². The predicted octanol–water partition coefficient (Wildman–Crippen LogP) is 2.64. The van der Waals surface area contributed by atoms with Crippen LogP contribution in [0.4, 0.5) is 8.78 Å². The Kier molecular flexibility index (Phi) is 4.68. The first-order chi connectivity index (χ1) is 14.7. The van der Waals surface area contributed by atoms with Gasteiger partial charge in [-0.05, 0) is 48.8 Å². The highest BCUT2D eigenvalue weighted by molar-refractivity contribution is 6.08. The predicted molar refractivity (Wildman–Crippen MR) is 113 cm³/mol. The van der Waals surface area contributed by atoms with Crippen LogP contribution in [-0.4, -0.2) is 60.9 Å². The second-order valence-electron chi connectivity index (χ2n) is 9.74. The van der Waals surface area contributed by atoms with E-state index >= 15 is 0 Å². The lowest BCUT2D eigenvalue weighted by atomic mass is 9.61. The van der Waals surface area contributed by atoms with Gasteiger partial charge < -0.3 is 10.5 Å². The number of hydrogen-bond acceptors (Lipinski definition) is 5. The van der Waals surface area contributed by atoms with E-state index in [0.29, 0.717) is 13.1 Å². The summed E-state index contributed by atoms with van der Waals surface area (Å²) >= 11 is 0. The van der Waals surface area contributed by atoms with Gasteiger partial charge in [-0.15, -0.1) is 0 Å². The summed E-state index contributed by atoms with van der Waals surface area (Å²) in [4.78, 5) is 21.7. The highest BCUT2D eigenvalue weighted by Crippen LogP contribution is 2.61. The van der Waals surface area contributed by atoms with E-state index in [9.17, 15) is 13.6 Å². The van der Waals surface area contributed by atoms with E-state index in [2.05, 4.69) is 6.07 Å². The van der Waals surface area contributed by atoms with Gasteiger partial charge in [0, 0.05) is 39.1 Å². The fourth-order valence-corrected chi connectivity index (χ4v) is 6.27.